The average Bonchev–Trinajstić information content (AvgIpc) is 1.76. The minimum absolute atomic E-state index is 0. The van der Waals surface area contributed by atoms with Gasteiger partial charge in [-0.05, 0) is 0 Å². The van der Waals surface area contributed by atoms with E-state index in [-0.39, 0.29) is 54.2 Å². The van der Waals surface area contributed by atoms with Gasteiger partial charge in [-0.3, -0.25) is 6.08 Å². The molecule has 0 heterocycles. The predicted molar refractivity (Wildman–Crippen MR) is 53.6 cm³/mol. The summed E-state index contributed by atoms with van der Waals surface area (Å²) in [6.45, 7) is 0. The molecule has 0 atom stereocenters. The monoisotopic (exact) mass is 196 g/mol. The second-order valence-electron chi connectivity index (χ2n) is 1.00. The standard InChI is InChI=1S/C5H5.5CH3.Fe/c1-2-4-5-3-1;;;;;;/h1-3H,4H2;5*1H3;/q6*-1;+6. The van der Waals surface area contributed by atoms with Crippen LogP contribution in [-0.2, 0) is 17.1 Å². The maximum atomic E-state index is 2.99. The molecule has 0 fully saturated rings. The van der Waals surface area contributed by atoms with Crippen molar-refractivity contribution in [1.82, 2.24) is 0 Å². The van der Waals surface area contributed by atoms with Gasteiger partial charge in [-0.1, -0.05) is 0 Å². The first-order valence-electron chi connectivity index (χ1n) is 1.72. The van der Waals surface area contributed by atoms with Crippen LogP contribution in [0.4, 0.5) is 0 Å². The van der Waals surface area contributed by atoms with E-state index in [0.29, 0.717) is 0 Å². The second-order valence-corrected chi connectivity index (χ2v) is 1.00. The van der Waals surface area contributed by atoms with Gasteiger partial charge < -0.3 is 37.1 Å². The first-order valence-corrected chi connectivity index (χ1v) is 1.72. The zero-order chi connectivity index (χ0) is 3.54. The molecule has 1 aliphatic rings. The van der Waals surface area contributed by atoms with Crippen molar-refractivity contribution >= 4 is 0 Å². The molecule has 0 aromatic heterocycles. The molecule has 0 saturated carbocycles. The summed E-state index contributed by atoms with van der Waals surface area (Å²) in [5.41, 5.74) is 0. The van der Waals surface area contributed by atoms with E-state index in [0.717, 1.165) is 6.42 Å². The first-order chi connectivity index (χ1) is 2.50. The fourth-order valence-electron chi connectivity index (χ4n) is 0.340. The van der Waals surface area contributed by atoms with Gasteiger partial charge in [0.25, 0.3) is 0 Å². The Balaban J connectivity index is -0.0000000104. The van der Waals surface area contributed by atoms with Crippen molar-refractivity contribution in [3.8, 4) is 0 Å². The van der Waals surface area contributed by atoms with Crippen molar-refractivity contribution in [2.75, 3.05) is 0 Å². The fourth-order valence-corrected chi connectivity index (χ4v) is 0.340. The first kappa shape index (κ1) is 44.0. The van der Waals surface area contributed by atoms with Gasteiger partial charge in [-0.2, -0.15) is 6.08 Å². The molecule has 0 aromatic carbocycles. The maximum Gasteiger partial charge on any atom is 6.00 e. The molecule has 0 radical (unpaired) electrons. The van der Waals surface area contributed by atoms with Crippen LogP contribution in [0.2, 0.25) is 0 Å². The summed E-state index contributed by atoms with van der Waals surface area (Å²) in [5.74, 6) is 0. The summed E-state index contributed by atoms with van der Waals surface area (Å²) < 4.78 is 0. The third-order valence-electron chi connectivity index (χ3n) is 0.586. The Morgan fingerprint density at radius 1 is 0.909 bits per heavy atom. The van der Waals surface area contributed by atoms with Crippen molar-refractivity contribution in [1.29, 1.82) is 0 Å². The number of allylic oxidation sites excluding steroid dienone is 4. The molecule has 0 saturated heterocycles. The van der Waals surface area contributed by atoms with E-state index in [4.69, 9.17) is 0 Å². The van der Waals surface area contributed by atoms with Crippen LogP contribution in [0.3, 0.4) is 0 Å². The third kappa shape index (κ3) is 25.6. The van der Waals surface area contributed by atoms with Gasteiger partial charge in [-0.15, -0.1) is 6.42 Å². The molecule has 1 aliphatic carbocycles. The van der Waals surface area contributed by atoms with E-state index >= 15 is 0 Å². The summed E-state index contributed by atoms with van der Waals surface area (Å²) >= 11 is 0. The number of hydrogen-bond acceptors (Lipinski definition) is 0. The van der Waals surface area contributed by atoms with E-state index < -0.39 is 0 Å². The van der Waals surface area contributed by atoms with Crippen molar-refractivity contribution < 1.29 is 17.1 Å². The summed E-state index contributed by atoms with van der Waals surface area (Å²) in [5, 5.41) is 0. The minimum atomic E-state index is 0. The van der Waals surface area contributed by atoms with Gasteiger partial charge in [-0.25, -0.2) is 12.2 Å². The predicted octanol–water partition coefficient (Wildman–Crippen LogP) is 3.55. The van der Waals surface area contributed by atoms with Crippen molar-refractivity contribution in [3.05, 3.63) is 61.4 Å². The van der Waals surface area contributed by atoms with Gasteiger partial charge >= 0.3 is 17.1 Å². The van der Waals surface area contributed by atoms with E-state index in [1.54, 1.807) is 0 Å². The largest absolute Gasteiger partial charge is 6.00 e. The zero-order valence-corrected chi connectivity index (χ0v) is 9.40. The number of rotatable bonds is 0. The zero-order valence-electron chi connectivity index (χ0n) is 8.29. The van der Waals surface area contributed by atoms with Gasteiger partial charge in [0.15, 0.2) is 0 Å². The van der Waals surface area contributed by atoms with Crippen molar-refractivity contribution in [3.63, 3.8) is 0 Å². The molecule has 1 heteroatoms. The normalized spacial score (nSPS) is 8.00. The molecule has 0 nitrogen and oxygen atoms in total. The van der Waals surface area contributed by atoms with Crippen LogP contribution >= 0.6 is 0 Å². The quantitative estimate of drug-likeness (QED) is 0.410. The van der Waals surface area contributed by atoms with Gasteiger partial charge in [0.05, 0.1) is 0 Å². The molecule has 68 valence electrons. The van der Waals surface area contributed by atoms with Gasteiger partial charge in [0, 0.05) is 0 Å². The van der Waals surface area contributed by atoms with E-state index in [9.17, 15) is 0 Å². The minimum Gasteiger partial charge on any atom is -0.358 e. The molecular formula is C10H20Fe. The Labute approximate surface area is 85.3 Å². The molecule has 0 N–H and O–H groups in total. The SMILES string of the molecule is [C-]1=CC=CC1.[CH3-].[CH3-].[CH3-].[CH3-].[CH3-].[Fe+6]. The molecular weight excluding hydrogens is 176 g/mol. The third-order valence-corrected chi connectivity index (χ3v) is 0.586. The van der Waals surface area contributed by atoms with Crippen LogP contribution in [0.25, 0.3) is 0 Å². The second kappa shape index (κ2) is 32.4. The fraction of sp³-hybridized carbons (Fsp3) is 0.100. The van der Waals surface area contributed by atoms with Gasteiger partial charge in [0.1, 0.15) is 0 Å². The molecule has 0 amide bonds. The number of hydrogen-bond donors (Lipinski definition) is 0. The summed E-state index contributed by atoms with van der Waals surface area (Å²) in [6, 6.07) is 0. The Hall–Kier alpha value is -0.000519. The molecule has 0 bridgehead atoms. The van der Waals surface area contributed by atoms with Crippen LogP contribution in [0.5, 0.6) is 0 Å². The average molecular weight is 196 g/mol. The Morgan fingerprint density at radius 2 is 1.36 bits per heavy atom. The van der Waals surface area contributed by atoms with Crippen LogP contribution in [0, 0.1) is 43.2 Å². The topological polar surface area (TPSA) is 0 Å². The van der Waals surface area contributed by atoms with Gasteiger partial charge in [0.2, 0.25) is 0 Å². The smallest absolute Gasteiger partial charge is 0.358 e. The van der Waals surface area contributed by atoms with Crippen molar-refractivity contribution in [2.45, 2.75) is 6.42 Å². The molecule has 0 spiro atoms. The maximum absolute atomic E-state index is 2.99. The summed E-state index contributed by atoms with van der Waals surface area (Å²) in [4.78, 5) is 0. The Kier molecular flexibility index (Phi) is 130. The summed E-state index contributed by atoms with van der Waals surface area (Å²) in [6.07, 6.45) is 10.0. The van der Waals surface area contributed by atoms with E-state index in [2.05, 4.69) is 12.2 Å². The Morgan fingerprint density at radius 3 is 1.45 bits per heavy atom. The molecule has 0 unspecified atom stereocenters. The molecule has 0 aromatic rings. The molecule has 1 rings (SSSR count). The van der Waals surface area contributed by atoms with Crippen LogP contribution < -0.4 is 0 Å². The molecule has 11 heavy (non-hydrogen) atoms. The van der Waals surface area contributed by atoms with E-state index in [1.807, 2.05) is 12.2 Å². The van der Waals surface area contributed by atoms with Crippen LogP contribution in [0.15, 0.2) is 18.2 Å². The van der Waals surface area contributed by atoms with E-state index in [1.165, 1.54) is 0 Å². The van der Waals surface area contributed by atoms with Crippen molar-refractivity contribution in [2.24, 2.45) is 0 Å². The summed E-state index contributed by atoms with van der Waals surface area (Å²) in [7, 11) is 0. The molecule has 0 aliphatic heterocycles. The van der Waals surface area contributed by atoms with Crippen LogP contribution in [0.1, 0.15) is 6.42 Å². The Bertz CT molecular complexity index is 62.9. The van der Waals surface area contributed by atoms with Crippen LogP contribution in [-0.4, -0.2) is 0 Å².